The summed E-state index contributed by atoms with van der Waals surface area (Å²) in [6, 6.07) is 1.80. The molecule has 1 aromatic heterocycles. The van der Waals surface area contributed by atoms with Gasteiger partial charge in [-0.05, 0) is 24.6 Å². The molecule has 3 nitrogen and oxygen atoms in total. The van der Waals surface area contributed by atoms with E-state index >= 15 is 0 Å². The van der Waals surface area contributed by atoms with Gasteiger partial charge in [0.1, 0.15) is 11.4 Å². The van der Waals surface area contributed by atoms with E-state index in [4.69, 9.17) is 9.84 Å². The van der Waals surface area contributed by atoms with Crippen LogP contribution in [-0.4, -0.2) is 17.2 Å². The molecule has 0 spiro atoms. The molecule has 0 saturated carbocycles. The molecular formula is C10H13NO2. The van der Waals surface area contributed by atoms with Gasteiger partial charge in [0.15, 0.2) is 0 Å². The minimum absolute atomic E-state index is 0.0638. The van der Waals surface area contributed by atoms with Crippen LogP contribution in [0.5, 0.6) is 5.75 Å². The van der Waals surface area contributed by atoms with Gasteiger partial charge in [-0.25, -0.2) is 4.98 Å². The summed E-state index contributed by atoms with van der Waals surface area (Å²) in [6.45, 7) is 5.48. The minimum atomic E-state index is -0.0638. The van der Waals surface area contributed by atoms with E-state index in [1.54, 1.807) is 19.3 Å². The maximum atomic E-state index is 8.91. The second-order valence-corrected chi connectivity index (χ2v) is 2.71. The standard InChI is InChI=1S/C10H13NO2/c1-4-9-10(13-3)7(2)5-8(6-12)11-9/h4-5,12H,1,6H2,2-3H3. The topological polar surface area (TPSA) is 42.4 Å². The zero-order valence-corrected chi connectivity index (χ0v) is 7.87. The molecule has 0 aliphatic rings. The van der Waals surface area contributed by atoms with Crippen LogP contribution in [0.4, 0.5) is 0 Å². The highest BCUT2D eigenvalue weighted by molar-refractivity contribution is 5.54. The number of nitrogens with zero attached hydrogens (tertiary/aromatic N) is 1. The highest BCUT2D eigenvalue weighted by Gasteiger charge is 2.06. The Morgan fingerprint density at radius 2 is 2.38 bits per heavy atom. The summed E-state index contributed by atoms with van der Waals surface area (Å²) >= 11 is 0. The summed E-state index contributed by atoms with van der Waals surface area (Å²) < 4.78 is 5.15. The molecule has 70 valence electrons. The van der Waals surface area contributed by atoms with Crippen LogP contribution in [0.25, 0.3) is 6.08 Å². The third-order valence-corrected chi connectivity index (χ3v) is 1.80. The van der Waals surface area contributed by atoms with Crippen LogP contribution in [-0.2, 0) is 6.61 Å². The third-order valence-electron chi connectivity index (χ3n) is 1.80. The second-order valence-electron chi connectivity index (χ2n) is 2.71. The average molecular weight is 179 g/mol. The van der Waals surface area contributed by atoms with Crippen LogP contribution in [0.2, 0.25) is 0 Å². The number of hydrogen-bond donors (Lipinski definition) is 1. The monoisotopic (exact) mass is 179 g/mol. The van der Waals surface area contributed by atoms with Crippen molar-refractivity contribution in [2.45, 2.75) is 13.5 Å². The first-order valence-corrected chi connectivity index (χ1v) is 4.00. The molecule has 0 bridgehead atoms. The number of ether oxygens (including phenoxy) is 1. The highest BCUT2D eigenvalue weighted by atomic mass is 16.5. The number of aryl methyl sites for hydroxylation is 1. The van der Waals surface area contributed by atoms with Gasteiger partial charge in [-0.3, -0.25) is 0 Å². The number of hydrogen-bond acceptors (Lipinski definition) is 3. The quantitative estimate of drug-likeness (QED) is 0.765. The van der Waals surface area contributed by atoms with Crippen molar-refractivity contribution in [2.75, 3.05) is 7.11 Å². The fourth-order valence-electron chi connectivity index (χ4n) is 1.24. The SMILES string of the molecule is C=Cc1nc(CO)cc(C)c1OC. The lowest BCUT2D eigenvalue weighted by Crippen LogP contribution is -1.98. The Kier molecular flexibility index (Phi) is 3.03. The average Bonchev–Trinajstić information content (AvgIpc) is 2.16. The summed E-state index contributed by atoms with van der Waals surface area (Å²) in [5, 5.41) is 8.91. The Balaban J connectivity index is 3.28. The van der Waals surface area contributed by atoms with Gasteiger partial charge < -0.3 is 9.84 Å². The van der Waals surface area contributed by atoms with Gasteiger partial charge in [0.2, 0.25) is 0 Å². The van der Waals surface area contributed by atoms with Crippen molar-refractivity contribution in [3.8, 4) is 5.75 Å². The molecule has 0 amide bonds. The second kappa shape index (κ2) is 4.05. The summed E-state index contributed by atoms with van der Waals surface area (Å²) in [4.78, 5) is 4.15. The molecule has 13 heavy (non-hydrogen) atoms. The molecule has 3 heteroatoms. The molecular weight excluding hydrogens is 166 g/mol. The Bertz CT molecular complexity index is 321. The molecule has 1 heterocycles. The molecule has 0 radical (unpaired) electrons. The Hall–Kier alpha value is -1.35. The van der Waals surface area contributed by atoms with Crippen molar-refractivity contribution < 1.29 is 9.84 Å². The normalized spacial score (nSPS) is 9.77. The lowest BCUT2D eigenvalue weighted by atomic mass is 10.2. The smallest absolute Gasteiger partial charge is 0.147 e. The van der Waals surface area contributed by atoms with Crippen molar-refractivity contribution in [3.05, 3.63) is 29.6 Å². The van der Waals surface area contributed by atoms with E-state index in [1.165, 1.54) is 0 Å². The largest absolute Gasteiger partial charge is 0.494 e. The number of aliphatic hydroxyl groups is 1. The number of methoxy groups -OCH3 is 1. The molecule has 0 atom stereocenters. The first-order valence-electron chi connectivity index (χ1n) is 4.00. The van der Waals surface area contributed by atoms with Gasteiger partial charge >= 0.3 is 0 Å². The summed E-state index contributed by atoms with van der Waals surface area (Å²) in [5.41, 5.74) is 2.26. The fourth-order valence-corrected chi connectivity index (χ4v) is 1.24. The van der Waals surface area contributed by atoms with Gasteiger partial charge in [0.05, 0.1) is 19.4 Å². The molecule has 0 saturated heterocycles. The minimum Gasteiger partial charge on any atom is -0.494 e. The van der Waals surface area contributed by atoms with Gasteiger partial charge in [0, 0.05) is 0 Å². The molecule has 0 unspecified atom stereocenters. The Labute approximate surface area is 77.7 Å². The number of aromatic nitrogens is 1. The van der Waals surface area contributed by atoms with Crippen molar-refractivity contribution in [1.29, 1.82) is 0 Å². The molecule has 1 N–H and O–H groups in total. The van der Waals surface area contributed by atoms with E-state index in [1.807, 2.05) is 6.92 Å². The zero-order valence-electron chi connectivity index (χ0n) is 7.87. The summed E-state index contributed by atoms with van der Waals surface area (Å²) in [6.07, 6.45) is 1.62. The van der Waals surface area contributed by atoms with Crippen LogP contribution < -0.4 is 4.74 Å². The third kappa shape index (κ3) is 1.87. The van der Waals surface area contributed by atoms with Crippen molar-refractivity contribution in [3.63, 3.8) is 0 Å². The van der Waals surface area contributed by atoms with Gasteiger partial charge in [-0.15, -0.1) is 0 Å². The van der Waals surface area contributed by atoms with Crippen molar-refractivity contribution in [1.82, 2.24) is 4.98 Å². The summed E-state index contributed by atoms with van der Waals surface area (Å²) in [7, 11) is 1.59. The van der Waals surface area contributed by atoms with Gasteiger partial charge in [-0.1, -0.05) is 6.58 Å². The Morgan fingerprint density at radius 3 is 2.85 bits per heavy atom. The maximum Gasteiger partial charge on any atom is 0.147 e. The highest BCUT2D eigenvalue weighted by Crippen LogP contribution is 2.23. The van der Waals surface area contributed by atoms with E-state index in [9.17, 15) is 0 Å². The lowest BCUT2D eigenvalue weighted by molar-refractivity contribution is 0.276. The maximum absolute atomic E-state index is 8.91. The number of aliphatic hydroxyl groups excluding tert-OH is 1. The Morgan fingerprint density at radius 1 is 1.69 bits per heavy atom. The molecule has 0 aliphatic carbocycles. The van der Waals surface area contributed by atoms with E-state index in [0.717, 1.165) is 5.56 Å². The first-order chi connectivity index (χ1) is 6.22. The van der Waals surface area contributed by atoms with Crippen molar-refractivity contribution >= 4 is 6.08 Å². The first kappa shape index (κ1) is 9.74. The molecule has 1 aromatic rings. The van der Waals surface area contributed by atoms with Crippen LogP contribution in [0, 0.1) is 6.92 Å². The van der Waals surface area contributed by atoms with Crippen LogP contribution >= 0.6 is 0 Å². The van der Waals surface area contributed by atoms with Crippen molar-refractivity contribution in [2.24, 2.45) is 0 Å². The van der Waals surface area contributed by atoms with Gasteiger partial charge in [0.25, 0.3) is 0 Å². The fraction of sp³-hybridized carbons (Fsp3) is 0.300. The molecule has 1 rings (SSSR count). The van der Waals surface area contributed by atoms with Crippen LogP contribution in [0.1, 0.15) is 17.0 Å². The van der Waals surface area contributed by atoms with Crippen LogP contribution in [0.15, 0.2) is 12.6 Å². The lowest BCUT2D eigenvalue weighted by Gasteiger charge is -2.09. The van der Waals surface area contributed by atoms with Gasteiger partial charge in [-0.2, -0.15) is 0 Å². The molecule has 0 fully saturated rings. The zero-order chi connectivity index (χ0) is 9.84. The van der Waals surface area contributed by atoms with E-state index in [0.29, 0.717) is 17.1 Å². The molecule has 0 aliphatic heterocycles. The van der Waals surface area contributed by atoms with Crippen LogP contribution in [0.3, 0.4) is 0 Å². The predicted molar refractivity (Wildman–Crippen MR) is 51.5 cm³/mol. The number of rotatable bonds is 3. The van der Waals surface area contributed by atoms with E-state index in [-0.39, 0.29) is 6.61 Å². The van der Waals surface area contributed by atoms with E-state index < -0.39 is 0 Å². The summed E-state index contributed by atoms with van der Waals surface area (Å²) in [5.74, 6) is 0.715. The van der Waals surface area contributed by atoms with E-state index in [2.05, 4.69) is 11.6 Å². The number of pyridine rings is 1. The predicted octanol–water partition coefficient (Wildman–Crippen LogP) is 1.53. The molecule has 0 aromatic carbocycles.